The molecule has 1 fully saturated rings. The second-order valence-corrected chi connectivity index (χ2v) is 8.58. The second kappa shape index (κ2) is 7.59. The lowest BCUT2D eigenvalue weighted by Gasteiger charge is -2.26. The summed E-state index contributed by atoms with van der Waals surface area (Å²) in [5.41, 5.74) is 6.30. The fourth-order valence-corrected chi connectivity index (χ4v) is 4.86. The number of hydrogen-bond donors (Lipinski definition) is 1. The summed E-state index contributed by atoms with van der Waals surface area (Å²) < 4.78 is 39.1. The normalized spacial score (nSPS) is 16.6. The number of benzene rings is 2. The van der Waals surface area contributed by atoms with Crippen molar-refractivity contribution in [3.63, 3.8) is 0 Å². The van der Waals surface area contributed by atoms with Gasteiger partial charge in [0.25, 0.3) is 5.91 Å². The first-order valence-corrected chi connectivity index (χ1v) is 10.2. The third-order valence-corrected chi connectivity index (χ3v) is 6.49. The quantitative estimate of drug-likeness (QED) is 0.818. The van der Waals surface area contributed by atoms with E-state index in [0.717, 1.165) is 11.0 Å². The number of anilines is 1. The molecule has 0 radical (unpaired) electrons. The zero-order valence-corrected chi connectivity index (χ0v) is 16.0. The summed E-state index contributed by atoms with van der Waals surface area (Å²) in [5.74, 6) is -1.83. The number of halogens is 1. The van der Waals surface area contributed by atoms with Gasteiger partial charge >= 0.3 is 0 Å². The molecule has 3 rings (SSSR count). The van der Waals surface area contributed by atoms with E-state index < -0.39 is 33.7 Å². The Morgan fingerprint density at radius 3 is 2.50 bits per heavy atom. The predicted octanol–water partition coefficient (Wildman–Crippen LogP) is 1.66. The van der Waals surface area contributed by atoms with Crippen LogP contribution in [0.15, 0.2) is 48.5 Å². The van der Waals surface area contributed by atoms with E-state index in [-0.39, 0.29) is 16.9 Å². The number of carbonyl (C=O) groups excluding carboxylic acids is 2. The number of hydrogen-bond acceptors (Lipinski definition) is 4. The molecule has 2 aromatic carbocycles. The topological polar surface area (TPSA) is 101 Å². The highest BCUT2D eigenvalue weighted by atomic mass is 32.2. The monoisotopic (exact) mass is 405 g/mol. The van der Waals surface area contributed by atoms with Gasteiger partial charge in [-0.15, -0.1) is 0 Å². The van der Waals surface area contributed by atoms with Crippen molar-refractivity contribution >= 4 is 27.5 Å². The average molecular weight is 405 g/mol. The Bertz CT molecular complexity index is 1030. The molecular formula is C19H20FN3O4S. The summed E-state index contributed by atoms with van der Waals surface area (Å²) in [6.45, 7) is 0.350. The number of likely N-dealkylation sites (N-methyl/N-ethyl adjacent to an activating group) is 1. The largest absolute Gasteiger partial charge is 0.368 e. The van der Waals surface area contributed by atoms with Crippen LogP contribution in [0.2, 0.25) is 0 Å². The van der Waals surface area contributed by atoms with Gasteiger partial charge in [-0.2, -0.15) is 0 Å². The van der Waals surface area contributed by atoms with Crippen molar-refractivity contribution in [1.29, 1.82) is 0 Å². The lowest BCUT2D eigenvalue weighted by molar-refractivity contribution is -0.122. The summed E-state index contributed by atoms with van der Waals surface area (Å²) in [6.07, 6.45) is 0.518. The molecule has 0 bridgehead atoms. The van der Waals surface area contributed by atoms with Crippen molar-refractivity contribution in [3.8, 4) is 0 Å². The van der Waals surface area contributed by atoms with Gasteiger partial charge in [-0.3, -0.25) is 13.9 Å². The van der Waals surface area contributed by atoms with Crippen molar-refractivity contribution in [2.75, 3.05) is 23.7 Å². The van der Waals surface area contributed by atoms with E-state index in [0.29, 0.717) is 18.7 Å². The summed E-state index contributed by atoms with van der Waals surface area (Å²) in [7, 11) is -2.00. The van der Waals surface area contributed by atoms with Gasteiger partial charge < -0.3 is 10.6 Å². The van der Waals surface area contributed by atoms with Gasteiger partial charge in [-0.1, -0.05) is 18.2 Å². The number of nitrogens with two attached hydrogens (primary N) is 1. The molecule has 1 aliphatic heterocycles. The molecule has 0 spiro atoms. The Hall–Kier alpha value is -2.94. The van der Waals surface area contributed by atoms with Gasteiger partial charge in [0.05, 0.1) is 11.4 Å². The van der Waals surface area contributed by atoms with Crippen LogP contribution in [0.3, 0.4) is 0 Å². The van der Waals surface area contributed by atoms with Gasteiger partial charge in [-0.05, 0) is 42.3 Å². The number of sulfonamides is 1. The molecule has 1 atom stereocenters. The van der Waals surface area contributed by atoms with Crippen LogP contribution < -0.4 is 10.0 Å². The number of primary amides is 1. The van der Waals surface area contributed by atoms with Crippen LogP contribution in [0.25, 0.3) is 0 Å². The van der Waals surface area contributed by atoms with Crippen LogP contribution >= 0.6 is 0 Å². The van der Waals surface area contributed by atoms with E-state index in [1.807, 2.05) is 0 Å². The van der Waals surface area contributed by atoms with E-state index in [1.165, 1.54) is 41.7 Å². The molecule has 0 aromatic heterocycles. The molecule has 1 saturated heterocycles. The minimum atomic E-state index is -3.39. The maximum absolute atomic E-state index is 13.6. The molecule has 0 saturated carbocycles. The summed E-state index contributed by atoms with van der Waals surface area (Å²) in [6, 6.07) is 10.3. The zero-order valence-electron chi connectivity index (χ0n) is 15.2. The molecule has 9 heteroatoms. The van der Waals surface area contributed by atoms with Gasteiger partial charge in [0.2, 0.25) is 15.9 Å². The van der Waals surface area contributed by atoms with Crippen molar-refractivity contribution in [2.45, 2.75) is 12.5 Å². The molecular weight excluding hydrogens is 385 g/mol. The molecule has 1 unspecified atom stereocenters. The molecule has 2 aromatic rings. The highest BCUT2D eigenvalue weighted by molar-refractivity contribution is 7.93. The number of rotatable bonds is 5. The number of nitrogens with zero attached hydrogens (tertiary/aromatic N) is 2. The Labute approximate surface area is 162 Å². The average Bonchev–Trinajstić information content (AvgIpc) is 3.00. The van der Waals surface area contributed by atoms with Crippen LogP contribution in [0.4, 0.5) is 10.1 Å². The standard InChI is InChI=1S/C19H20FN3O4S/c1-22(17(18(21)24)13-5-2-7-15(20)11-13)19(25)14-6-3-8-16(12-14)23-9-4-10-28(23,26)27/h2-3,5-8,11-12,17H,4,9-10H2,1H3,(H2,21,24). The lowest BCUT2D eigenvalue weighted by atomic mass is 10.0. The molecule has 0 aliphatic carbocycles. The Morgan fingerprint density at radius 2 is 1.89 bits per heavy atom. The fourth-order valence-electron chi connectivity index (χ4n) is 3.30. The third-order valence-electron chi connectivity index (χ3n) is 4.62. The first kappa shape index (κ1) is 19.8. The minimum Gasteiger partial charge on any atom is -0.368 e. The van der Waals surface area contributed by atoms with Crippen molar-refractivity contribution < 1.29 is 22.4 Å². The van der Waals surface area contributed by atoms with E-state index in [1.54, 1.807) is 12.1 Å². The van der Waals surface area contributed by atoms with Gasteiger partial charge in [0.1, 0.15) is 11.9 Å². The predicted molar refractivity (Wildman–Crippen MR) is 103 cm³/mol. The smallest absolute Gasteiger partial charge is 0.254 e. The number of carbonyl (C=O) groups is 2. The van der Waals surface area contributed by atoms with Crippen molar-refractivity contribution in [3.05, 3.63) is 65.5 Å². The van der Waals surface area contributed by atoms with Crippen LogP contribution in [0, 0.1) is 5.82 Å². The summed E-state index contributed by atoms with van der Waals surface area (Å²) in [4.78, 5) is 26.0. The summed E-state index contributed by atoms with van der Waals surface area (Å²) >= 11 is 0. The SMILES string of the molecule is CN(C(=O)c1cccc(N2CCCS2(=O)=O)c1)C(C(N)=O)c1cccc(F)c1. The van der Waals surface area contributed by atoms with E-state index >= 15 is 0 Å². The van der Waals surface area contributed by atoms with Crippen LogP contribution in [0.5, 0.6) is 0 Å². The first-order chi connectivity index (χ1) is 13.2. The lowest BCUT2D eigenvalue weighted by Crippen LogP contribution is -2.39. The highest BCUT2D eigenvalue weighted by Gasteiger charge is 2.31. The number of amides is 2. The summed E-state index contributed by atoms with van der Waals surface area (Å²) in [5, 5.41) is 0. The molecule has 2 N–H and O–H groups in total. The van der Waals surface area contributed by atoms with Crippen LogP contribution in [-0.2, 0) is 14.8 Å². The molecule has 2 amide bonds. The fraction of sp³-hybridized carbons (Fsp3) is 0.263. The Morgan fingerprint density at radius 1 is 1.18 bits per heavy atom. The van der Waals surface area contributed by atoms with Gasteiger partial charge in [0, 0.05) is 19.2 Å². The molecule has 148 valence electrons. The van der Waals surface area contributed by atoms with Crippen molar-refractivity contribution in [1.82, 2.24) is 4.90 Å². The molecule has 1 aliphatic rings. The molecule has 7 nitrogen and oxygen atoms in total. The zero-order chi connectivity index (χ0) is 20.5. The third kappa shape index (κ3) is 3.84. The van der Waals surface area contributed by atoms with E-state index in [4.69, 9.17) is 5.73 Å². The Kier molecular flexibility index (Phi) is 5.37. The van der Waals surface area contributed by atoms with Crippen molar-refractivity contribution in [2.24, 2.45) is 5.73 Å². The minimum absolute atomic E-state index is 0.0639. The van der Waals surface area contributed by atoms with E-state index in [2.05, 4.69) is 0 Å². The van der Waals surface area contributed by atoms with E-state index in [9.17, 15) is 22.4 Å². The van der Waals surface area contributed by atoms with Gasteiger partial charge in [-0.25, -0.2) is 12.8 Å². The Balaban J connectivity index is 1.92. The molecule has 1 heterocycles. The van der Waals surface area contributed by atoms with Crippen LogP contribution in [0.1, 0.15) is 28.4 Å². The van der Waals surface area contributed by atoms with Crippen LogP contribution in [-0.4, -0.2) is 44.5 Å². The highest BCUT2D eigenvalue weighted by Crippen LogP contribution is 2.27. The second-order valence-electron chi connectivity index (χ2n) is 6.57. The first-order valence-electron chi connectivity index (χ1n) is 8.63. The maximum atomic E-state index is 13.6. The molecule has 28 heavy (non-hydrogen) atoms. The maximum Gasteiger partial charge on any atom is 0.254 e. The van der Waals surface area contributed by atoms with Gasteiger partial charge in [0.15, 0.2) is 0 Å².